The largest absolute Gasteiger partial charge is 0.301 e. The van der Waals surface area contributed by atoms with Crippen LogP contribution in [0, 0.1) is 17.2 Å². The molecular weight excluding hydrogens is 282 g/mol. The molecule has 1 fully saturated rings. The molecule has 1 aromatic carbocycles. The predicted octanol–water partition coefficient (Wildman–Crippen LogP) is 3.34. The number of aromatic nitrogens is 1. The van der Waals surface area contributed by atoms with Gasteiger partial charge in [-0.1, -0.05) is 30.3 Å². The Morgan fingerprint density at radius 3 is 2.86 bits per heavy atom. The quantitative estimate of drug-likeness (QED) is 0.920. The number of nitrogens with zero attached hydrogens (tertiary/aromatic N) is 2. The number of rotatable bonds is 5. The molecule has 21 heavy (non-hydrogen) atoms. The van der Waals surface area contributed by atoms with E-state index in [1.54, 1.807) is 0 Å². The number of thiazole rings is 1. The lowest BCUT2D eigenvalue weighted by Gasteiger charge is -2.08. The van der Waals surface area contributed by atoms with E-state index in [4.69, 9.17) is 0 Å². The van der Waals surface area contributed by atoms with E-state index in [0.717, 1.165) is 11.3 Å². The van der Waals surface area contributed by atoms with Crippen molar-refractivity contribution in [3.05, 3.63) is 47.0 Å². The van der Waals surface area contributed by atoms with Gasteiger partial charge in [-0.3, -0.25) is 4.79 Å². The number of amides is 1. The number of nitrogens with one attached hydrogen (secondary N) is 1. The normalized spacial score (nSPS) is 15.2. The van der Waals surface area contributed by atoms with E-state index >= 15 is 0 Å². The molecule has 1 amide bonds. The molecule has 0 spiro atoms. The highest BCUT2D eigenvalue weighted by Gasteiger charge is 2.27. The van der Waals surface area contributed by atoms with Crippen molar-refractivity contribution in [3.63, 3.8) is 0 Å². The van der Waals surface area contributed by atoms with Crippen LogP contribution in [0.3, 0.4) is 0 Å². The summed E-state index contributed by atoms with van der Waals surface area (Å²) in [6, 6.07) is 11.7. The summed E-state index contributed by atoms with van der Waals surface area (Å²) in [6.07, 6.45) is 2.79. The van der Waals surface area contributed by atoms with Crippen LogP contribution in [0.4, 0.5) is 5.13 Å². The van der Waals surface area contributed by atoms with E-state index in [1.165, 1.54) is 24.2 Å². The van der Waals surface area contributed by atoms with E-state index in [9.17, 15) is 10.1 Å². The lowest BCUT2D eigenvalue weighted by molar-refractivity contribution is -0.118. The molecule has 0 radical (unpaired) electrons. The minimum absolute atomic E-state index is 0.280. The van der Waals surface area contributed by atoms with Gasteiger partial charge in [0.05, 0.1) is 11.8 Å². The number of carbonyl (C=O) groups excluding carboxylic acids is 1. The summed E-state index contributed by atoms with van der Waals surface area (Å²) in [5.41, 5.74) is 2.05. The topological polar surface area (TPSA) is 65.8 Å². The Kier molecular flexibility index (Phi) is 3.98. The number of hydrogen-bond donors (Lipinski definition) is 1. The first-order valence-corrected chi connectivity index (χ1v) is 7.84. The Morgan fingerprint density at radius 2 is 2.19 bits per heavy atom. The second-order valence-electron chi connectivity index (χ2n) is 5.21. The van der Waals surface area contributed by atoms with Crippen molar-refractivity contribution in [1.82, 2.24) is 4.98 Å². The highest BCUT2D eigenvalue weighted by molar-refractivity contribution is 7.13. The van der Waals surface area contributed by atoms with Crippen LogP contribution in [0.5, 0.6) is 0 Å². The monoisotopic (exact) mass is 297 g/mol. The fourth-order valence-corrected chi connectivity index (χ4v) is 2.94. The minimum atomic E-state index is -0.694. The van der Waals surface area contributed by atoms with Crippen molar-refractivity contribution < 1.29 is 4.79 Å². The van der Waals surface area contributed by atoms with Crippen molar-refractivity contribution in [3.8, 4) is 6.07 Å². The summed E-state index contributed by atoms with van der Waals surface area (Å²) in [6.45, 7) is 0. The Hall–Kier alpha value is -2.19. The Bertz CT molecular complexity index is 670. The molecule has 3 rings (SSSR count). The molecule has 106 valence electrons. The van der Waals surface area contributed by atoms with E-state index < -0.39 is 5.92 Å². The van der Waals surface area contributed by atoms with Crippen molar-refractivity contribution in [2.24, 2.45) is 5.92 Å². The van der Waals surface area contributed by atoms with Gasteiger partial charge in [0.25, 0.3) is 0 Å². The van der Waals surface area contributed by atoms with Gasteiger partial charge in [0.15, 0.2) is 5.13 Å². The van der Waals surface area contributed by atoms with Gasteiger partial charge in [-0.05, 0) is 24.8 Å². The molecular formula is C16H15N3OS. The Balaban J connectivity index is 1.63. The molecule has 1 aliphatic carbocycles. The van der Waals surface area contributed by atoms with Crippen molar-refractivity contribution in [2.75, 3.05) is 5.32 Å². The van der Waals surface area contributed by atoms with E-state index in [2.05, 4.69) is 16.4 Å². The third-order valence-electron chi connectivity index (χ3n) is 3.50. The molecule has 5 heteroatoms. The van der Waals surface area contributed by atoms with Crippen molar-refractivity contribution in [2.45, 2.75) is 25.2 Å². The van der Waals surface area contributed by atoms with Gasteiger partial charge in [0, 0.05) is 11.3 Å². The number of anilines is 1. The van der Waals surface area contributed by atoms with Crippen LogP contribution < -0.4 is 5.32 Å². The number of carbonyl (C=O) groups is 1. The van der Waals surface area contributed by atoms with Gasteiger partial charge in [-0.15, -0.1) is 11.3 Å². The maximum Gasteiger partial charge on any atom is 0.243 e. The first-order chi connectivity index (χ1) is 10.3. The third kappa shape index (κ3) is 3.47. The lowest BCUT2D eigenvalue weighted by atomic mass is 10.00. The predicted molar refractivity (Wildman–Crippen MR) is 82.0 cm³/mol. The fraction of sp³-hybridized carbons (Fsp3) is 0.312. The van der Waals surface area contributed by atoms with Gasteiger partial charge in [0.2, 0.25) is 5.91 Å². The average molecular weight is 297 g/mol. The second kappa shape index (κ2) is 6.06. The average Bonchev–Trinajstić information content (AvgIpc) is 3.26. The molecule has 0 aliphatic heterocycles. The van der Waals surface area contributed by atoms with E-state index in [1.807, 2.05) is 35.7 Å². The minimum Gasteiger partial charge on any atom is -0.301 e. The molecule has 1 N–H and O–H groups in total. The first-order valence-electron chi connectivity index (χ1n) is 6.96. The number of hydrogen-bond acceptors (Lipinski definition) is 4. The molecule has 1 aromatic heterocycles. The zero-order valence-electron chi connectivity index (χ0n) is 11.5. The summed E-state index contributed by atoms with van der Waals surface area (Å²) in [5.74, 6) is -0.401. The van der Waals surface area contributed by atoms with Crippen LogP contribution in [0.1, 0.15) is 30.0 Å². The SMILES string of the molecule is N#CC(Cc1ccccc1)C(=O)Nc1nc(C2CC2)cs1. The van der Waals surface area contributed by atoms with Crippen LogP contribution in [0.2, 0.25) is 0 Å². The zero-order valence-corrected chi connectivity index (χ0v) is 12.3. The molecule has 1 heterocycles. The summed E-state index contributed by atoms with van der Waals surface area (Å²) in [5, 5.41) is 14.6. The van der Waals surface area contributed by atoms with E-state index in [-0.39, 0.29) is 5.91 Å². The lowest BCUT2D eigenvalue weighted by Crippen LogP contribution is -2.23. The van der Waals surface area contributed by atoms with Crippen LogP contribution in [-0.2, 0) is 11.2 Å². The molecule has 1 unspecified atom stereocenters. The smallest absolute Gasteiger partial charge is 0.243 e. The first kappa shape index (κ1) is 13.8. The van der Waals surface area contributed by atoms with Gasteiger partial charge >= 0.3 is 0 Å². The van der Waals surface area contributed by atoms with Gasteiger partial charge in [-0.2, -0.15) is 5.26 Å². The summed E-state index contributed by atoms with van der Waals surface area (Å²) < 4.78 is 0. The Morgan fingerprint density at radius 1 is 1.43 bits per heavy atom. The standard InChI is InChI=1S/C16H15N3OS/c17-9-13(8-11-4-2-1-3-5-11)15(20)19-16-18-14(10-21-16)12-6-7-12/h1-5,10,12-13H,6-8H2,(H,18,19,20). The van der Waals surface area contributed by atoms with E-state index in [0.29, 0.717) is 17.5 Å². The molecule has 0 bridgehead atoms. The highest BCUT2D eigenvalue weighted by Crippen LogP contribution is 2.40. The molecule has 0 saturated heterocycles. The molecule has 1 aliphatic rings. The van der Waals surface area contributed by atoms with Gasteiger partial charge in [0.1, 0.15) is 5.92 Å². The molecule has 1 saturated carbocycles. The molecule has 4 nitrogen and oxygen atoms in total. The van der Waals surface area contributed by atoms with Crippen molar-refractivity contribution >= 4 is 22.4 Å². The second-order valence-corrected chi connectivity index (χ2v) is 6.07. The van der Waals surface area contributed by atoms with Crippen molar-refractivity contribution in [1.29, 1.82) is 5.26 Å². The maximum atomic E-state index is 12.2. The third-order valence-corrected chi connectivity index (χ3v) is 4.28. The molecule has 2 aromatic rings. The van der Waals surface area contributed by atoms with Gasteiger partial charge in [-0.25, -0.2) is 4.98 Å². The van der Waals surface area contributed by atoms with Crippen LogP contribution in [-0.4, -0.2) is 10.9 Å². The molecule has 1 atom stereocenters. The zero-order chi connectivity index (χ0) is 14.7. The highest BCUT2D eigenvalue weighted by atomic mass is 32.1. The summed E-state index contributed by atoms with van der Waals surface area (Å²) >= 11 is 1.43. The van der Waals surface area contributed by atoms with Crippen LogP contribution >= 0.6 is 11.3 Å². The fourth-order valence-electron chi connectivity index (χ4n) is 2.15. The van der Waals surface area contributed by atoms with Gasteiger partial charge < -0.3 is 5.32 Å². The Labute approximate surface area is 127 Å². The summed E-state index contributed by atoms with van der Waals surface area (Å²) in [7, 11) is 0. The summed E-state index contributed by atoms with van der Waals surface area (Å²) in [4.78, 5) is 16.6. The maximum absolute atomic E-state index is 12.2. The van der Waals surface area contributed by atoms with Crippen LogP contribution in [0.25, 0.3) is 0 Å². The number of nitriles is 1. The number of benzene rings is 1. The van der Waals surface area contributed by atoms with Crippen LogP contribution in [0.15, 0.2) is 35.7 Å².